The molecule has 0 spiro atoms. The molecule has 0 radical (unpaired) electrons. The van der Waals surface area contributed by atoms with Gasteiger partial charge in [-0.05, 0) is 43.7 Å². The Labute approximate surface area is 203 Å². The van der Waals surface area contributed by atoms with Gasteiger partial charge in [-0.2, -0.15) is 10.2 Å². The van der Waals surface area contributed by atoms with Gasteiger partial charge in [0.05, 0.1) is 12.4 Å². The number of halogens is 1. The second-order valence-electron chi connectivity index (χ2n) is 8.08. The molecule has 1 saturated heterocycles. The molecule has 186 valence electrons. The molecule has 1 aliphatic rings. The van der Waals surface area contributed by atoms with Crippen LogP contribution in [0.25, 0.3) is 22.2 Å². The van der Waals surface area contributed by atoms with Crippen LogP contribution in [0, 0.1) is 0 Å². The Balaban J connectivity index is 1.54. The van der Waals surface area contributed by atoms with Gasteiger partial charge < -0.3 is 19.4 Å². The first-order valence-electron chi connectivity index (χ1n) is 11.8. The van der Waals surface area contributed by atoms with Crippen molar-refractivity contribution in [2.45, 2.75) is 13.8 Å². The summed E-state index contributed by atoms with van der Waals surface area (Å²) in [5.41, 5.74) is 2.26. The molecule has 4 heterocycles. The molecule has 0 unspecified atom stereocenters. The predicted molar refractivity (Wildman–Crippen MR) is 133 cm³/mol. The highest BCUT2D eigenvalue weighted by Gasteiger charge is 2.24. The highest BCUT2D eigenvalue weighted by molar-refractivity contribution is 5.78. The lowest BCUT2D eigenvalue weighted by atomic mass is 10.1. The summed E-state index contributed by atoms with van der Waals surface area (Å²) in [6, 6.07) is 7.81. The van der Waals surface area contributed by atoms with Crippen molar-refractivity contribution in [3.05, 3.63) is 42.9 Å². The summed E-state index contributed by atoms with van der Waals surface area (Å²) in [7, 11) is 0. The maximum Gasteiger partial charge on any atom is 0.320 e. The number of H-pyrrole nitrogens is 2. The van der Waals surface area contributed by atoms with Gasteiger partial charge in [-0.15, -0.1) is 0 Å². The molecule has 0 aliphatic carbocycles. The van der Waals surface area contributed by atoms with Gasteiger partial charge in [0.15, 0.2) is 5.65 Å². The fourth-order valence-corrected chi connectivity index (χ4v) is 4.02. The first kappa shape index (κ1) is 24.2. The van der Waals surface area contributed by atoms with Crippen LogP contribution in [0.4, 0.5) is 15.0 Å². The Morgan fingerprint density at radius 1 is 1.11 bits per heavy atom. The number of anilines is 1. The number of fused-ring (bicyclic) bond motifs is 1. The van der Waals surface area contributed by atoms with E-state index in [1.54, 1.807) is 18.6 Å². The predicted octanol–water partition coefficient (Wildman–Crippen LogP) is 3.40. The first-order chi connectivity index (χ1) is 17.1. The molecule has 11 heteroatoms. The normalized spacial score (nSPS) is 13.6. The number of carbonyl (C=O) groups is 1. The minimum absolute atomic E-state index is 0.0515. The number of piperazine rings is 1. The quantitative estimate of drug-likeness (QED) is 0.535. The number of nitrogens with one attached hydrogen (secondary N) is 2. The van der Waals surface area contributed by atoms with E-state index in [9.17, 15) is 9.18 Å². The monoisotopic (exact) mass is 482 g/mol. The van der Waals surface area contributed by atoms with Crippen LogP contribution >= 0.6 is 0 Å². The summed E-state index contributed by atoms with van der Waals surface area (Å²) in [6.45, 7) is 7.56. The van der Waals surface area contributed by atoms with E-state index in [1.165, 1.54) is 0 Å². The topological polar surface area (TPSA) is 106 Å². The molecule has 10 nitrogen and oxygen atoms in total. The standard InChI is InChI=1S/C24H31FN8O2/c1-3-31(4-2)24(34)33-10-8-32(9-11-33)22-6-5-18(15-26-22)19-13-20-16-27-29-23(20)30-28-17-21(14-19)35-12-7-25/h5-6,13-17,28H,3-4,7-12H2,1-2H3,(H,29,30). The Kier molecular flexibility index (Phi) is 7.96. The molecule has 0 saturated carbocycles. The fourth-order valence-electron chi connectivity index (χ4n) is 4.02. The van der Waals surface area contributed by atoms with Gasteiger partial charge in [-0.3, -0.25) is 10.2 Å². The van der Waals surface area contributed by atoms with Crippen LogP contribution in [0.2, 0.25) is 0 Å². The highest BCUT2D eigenvalue weighted by Crippen LogP contribution is 2.25. The molecule has 3 aromatic rings. The number of carbonyl (C=O) groups excluding carboxylic acids is 1. The van der Waals surface area contributed by atoms with Gasteiger partial charge in [0.25, 0.3) is 0 Å². The molecule has 0 bridgehead atoms. The number of pyridine rings is 1. The minimum atomic E-state index is -0.589. The summed E-state index contributed by atoms with van der Waals surface area (Å²) in [5.74, 6) is 1.31. The SMILES string of the molecule is CCN(CC)C(=O)N1CCN(c2ccc(-c3cc(OCCF)c[nH]nc4[nH]ncc4c3)cn2)CC1. The van der Waals surface area contributed by atoms with Crippen LogP contribution in [0.3, 0.4) is 0 Å². The number of nitrogens with zero attached hydrogens (tertiary/aromatic N) is 6. The summed E-state index contributed by atoms with van der Waals surface area (Å²) in [5, 5.41) is 14.7. The molecular weight excluding hydrogens is 451 g/mol. The number of amides is 2. The number of aromatic nitrogens is 5. The third-order valence-corrected chi connectivity index (χ3v) is 5.97. The highest BCUT2D eigenvalue weighted by atomic mass is 19.1. The van der Waals surface area contributed by atoms with Crippen LogP contribution < -0.4 is 9.64 Å². The van der Waals surface area contributed by atoms with E-state index in [0.717, 1.165) is 35.4 Å². The van der Waals surface area contributed by atoms with Gasteiger partial charge in [-0.25, -0.2) is 14.2 Å². The number of urea groups is 1. The maximum atomic E-state index is 12.7. The number of rotatable bonds is 7. The van der Waals surface area contributed by atoms with Crippen molar-refractivity contribution in [1.29, 1.82) is 0 Å². The molecule has 35 heavy (non-hydrogen) atoms. The fraction of sp³-hybridized carbons (Fsp3) is 0.417. The van der Waals surface area contributed by atoms with Crippen LogP contribution in [0.15, 0.2) is 42.9 Å². The van der Waals surface area contributed by atoms with Crippen molar-refractivity contribution in [3.8, 4) is 16.9 Å². The molecule has 4 rings (SSSR count). The van der Waals surface area contributed by atoms with Crippen LogP contribution in [0.1, 0.15) is 13.8 Å². The Bertz CT molecular complexity index is 1170. The van der Waals surface area contributed by atoms with E-state index in [-0.39, 0.29) is 12.6 Å². The van der Waals surface area contributed by atoms with E-state index in [4.69, 9.17) is 9.72 Å². The Hall–Kier alpha value is -3.89. The molecule has 1 aliphatic heterocycles. The number of aromatic amines is 2. The Morgan fingerprint density at radius 3 is 2.60 bits per heavy atom. The van der Waals surface area contributed by atoms with Gasteiger partial charge in [-0.1, -0.05) is 0 Å². The summed E-state index contributed by atoms with van der Waals surface area (Å²) in [4.78, 5) is 23.2. The second-order valence-corrected chi connectivity index (χ2v) is 8.08. The van der Waals surface area contributed by atoms with E-state index in [0.29, 0.717) is 37.6 Å². The molecular formula is C24H31FN8O2. The molecule has 0 atom stereocenters. The van der Waals surface area contributed by atoms with Gasteiger partial charge in [0.1, 0.15) is 24.8 Å². The number of ether oxygens (including phenoxy) is 1. The Morgan fingerprint density at radius 2 is 1.91 bits per heavy atom. The van der Waals surface area contributed by atoms with Crippen LogP contribution in [-0.2, 0) is 0 Å². The lowest BCUT2D eigenvalue weighted by Gasteiger charge is -2.37. The van der Waals surface area contributed by atoms with Gasteiger partial charge >= 0.3 is 6.03 Å². The van der Waals surface area contributed by atoms with Crippen molar-refractivity contribution < 1.29 is 13.9 Å². The molecule has 0 aromatic carbocycles. The summed E-state index contributed by atoms with van der Waals surface area (Å²) in [6.07, 6.45) is 5.06. The zero-order chi connectivity index (χ0) is 24.6. The lowest BCUT2D eigenvalue weighted by molar-refractivity contribution is 0.154. The van der Waals surface area contributed by atoms with Crippen molar-refractivity contribution in [2.75, 3.05) is 57.4 Å². The van der Waals surface area contributed by atoms with Crippen molar-refractivity contribution >= 4 is 22.9 Å². The van der Waals surface area contributed by atoms with E-state index < -0.39 is 6.67 Å². The van der Waals surface area contributed by atoms with E-state index >= 15 is 0 Å². The minimum Gasteiger partial charge on any atom is -0.489 e. The molecule has 3 aromatic heterocycles. The zero-order valence-electron chi connectivity index (χ0n) is 20.1. The van der Waals surface area contributed by atoms with Crippen molar-refractivity contribution in [2.24, 2.45) is 0 Å². The molecule has 1 fully saturated rings. The van der Waals surface area contributed by atoms with E-state index in [2.05, 4.69) is 25.3 Å². The van der Waals surface area contributed by atoms with Crippen LogP contribution in [-0.4, -0.2) is 93.8 Å². The average molecular weight is 483 g/mol. The lowest BCUT2D eigenvalue weighted by Crippen LogP contribution is -2.53. The summed E-state index contributed by atoms with van der Waals surface area (Å²) >= 11 is 0. The average Bonchev–Trinajstić information content (AvgIpc) is 3.36. The van der Waals surface area contributed by atoms with E-state index in [1.807, 2.05) is 47.9 Å². The zero-order valence-corrected chi connectivity index (χ0v) is 20.1. The third-order valence-electron chi connectivity index (χ3n) is 5.97. The smallest absolute Gasteiger partial charge is 0.320 e. The summed E-state index contributed by atoms with van der Waals surface area (Å²) < 4.78 is 18.2. The first-order valence-corrected chi connectivity index (χ1v) is 11.8. The largest absolute Gasteiger partial charge is 0.489 e. The third kappa shape index (κ3) is 5.79. The molecule has 2 amide bonds. The number of hydrogen-bond donors (Lipinski definition) is 2. The maximum absolute atomic E-state index is 12.7. The number of alkyl halides is 1. The van der Waals surface area contributed by atoms with Crippen molar-refractivity contribution in [3.63, 3.8) is 0 Å². The molecule has 2 N–H and O–H groups in total. The van der Waals surface area contributed by atoms with Gasteiger partial charge in [0.2, 0.25) is 0 Å². The second kappa shape index (κ2) is 11.5. The number of hydrogen-bond acceptors (Lipinski definition) is 6. The van der Waals surface area contributed by atoms with Crippen molar-refractivity contribution in [1.82, 2.24) is 35.2 Å². The van der Waals surface area contributed by atoms with Gasteiger partial charge in [0, 0.05) is 56.4 Å². The van der Waals surface area contributed by atoms with Crippen LogP contribution in [0.5, 0.6) is 5.75 Å².